The molecule has 0 aromatic heterocycles. The average molecular weight is 182 g/mol. The van der Waals surface area contributed by atoms with Gasteiger partial charge in [0.2, 0.25) is 0 Å². The summed E-state index contributed by atoms with van der Waals surface area (Å²) < 4.78 is 36.1. The first-order chi connectivity index (χ1) is 5.39. The van der Waals surface area contributed by atoms with Gasteiger partial charge in [-0.05, 0) is 6.42 Å². The Hall–Kier alpha value is -0.580. The van der Waals surface area contributed by atoms with Crippen LogP contribution in [0.4, 0.5) is 13.2 Å². The minimum Gasteiger partial charge on any atom is -0.393 e. The molecule has 2 atom stereocenters. The summed E-state index contributed by atoms with van der Waals surface area (Å²) in [5.74, 6) is -2.15. The van der Waals surface area contributed by atoms with Gasteiger partial charge < -0.3 is 5.11 Å². The molecule has 0 amide bonds. The summed E-state index contributed by atoms with van der Waals surface area (Å²) in [6.45, 7) is 0. The summed E-state index contributed by atoms with van der Waals surface area (Å²) in [6.07, 6.45) is -6.41. The summed E-state index contributed by atoms with van der Waals surface area (Å²) in [6, 6.07) is 0. The topological polar surface area (TPSA) is 37.3 Å². The van der Waals surface area contributed by atoms with Crippen molar-refractivity contribution in [3.63, 3.8) is 0 Å². The van der Waals surface area contributed by atoms with Crippen LogP contribution >= 0.6 is 0 Å². The van der Waals surface area contributed by atoms with Crippen molar-refractivity contribution in [1.82, 2.24) is 0 Å². The number of hydrogen-bond acceptors (Lipinski definition) is 2. The molecule has 2 nitrogen and oxygen atoms in total. The quantitative estimate of drug-likeness (QED) is 0.612. The molecule has 0 radical (unpaired) electrons. The number of Topliss-reactive ketones (excluding diaryl/α,β-unsaturated/α-hetero) is 1. The van der Waals surface area contributed by atoms with Gasteiger partial charge in [-0.3, -0.25) is 4.79 Å². The Morgan fingerprint density at radius 3 is 2.33 bits per heavy atom. The van der Waals surface area contributed by atoms with Gasteiger partial charge >= 0.3 is 6.18 Å². The van der Waals surface area contributed by atoms with Crippen molar-refractivity contribution in [3.05, 3.63) is 0 Å². The van der Waals surface area contributed by atoms with Gasteiger partial charge in [0.15, 0.2) is 0 Å². The van der Waals surface area contributed by atoms with E-state index in [0.29, 0.717) is 0 Å². The predicted octanol–water partition coefficient (Wildman–Crippen LogP) is 1.28. The summed E-state index contributed by atoms with van der Waals surface area (Å²) in [7, 11) is 0. The van der Waals surface area contributed by atoms with Crippen molar-refractivity contribution in [3.8, 4) is 0 Å². The fourth-order valence-corrected chi connectivity index (χ4v) is 1.37. The SMILES string of the molecule is O=C1CC(O)CC(C(F)(F)F)C1. The lowest BCUT2D eigenvalue weighted by Crippen LogP contribution is -2.35. The minimum atomic E-state index is -4.35. The van der Waals surface area contributed by atoms with E-state index < -0.39 is 30.4 Å². The molecule has 1 aliphatic carbocycles. The van der Waals surface area contributed by atoms with Gasteiger partial charge in [-0.15, -0.1) is 0 Å². The smallest absolute Gasteiger partial charge is 0.392 e. The van der Waals surface area contributed by atoms with Gasteiger partial charge in [-0.2, -0.15) is 13.2 Å². The first kappa shape index (κ1) is 9.51. The lowest BCUT2D eigenvalue weighted by atomic mass is 9.86. The first-order valence-electron chi connectivity index (χ1n) is 3.66. The van der Waals surface area contributed by atoms with E-state index in [1.165, 1.54) is 0 Å². The van der Waals surface area contributed by atoms with Crippen LogP contribution in [0.3, 0.4) is 0 Å². The Balaban J connectivity index is 2.62. The molecule has 1 aliphatic rings. The van der Waals surface area contributed by atoms with E-state index in [4.69, 9.17) is 5.11 Å². The van der Waals surface area contributed by atoms with Crippen molar-refractivity contribution >= 4 is 5.78 Å². The zero-order chi connectivity index (χ0) is 9.35. The first-order valence-corrected chi connectivity index (χ1v) is 3.66. The number of carbonyl (C=O) groups is 1. The molecular weight excluding hydrogens is 173 g/mol. The number of aliphatic hydroxyl groups excluding tert-OH is 1. The maximum atomic E-state index is 12.0. The van der Waals surface area contributed by atoms with E-state index in [0.717, 1.165) is 0 Å². The Morgan fingerprint density at radius 1 is 1.33 bits per heavy atom. The number of hydrogen-bond donors (Lipinski definition) is 1. The molecule has 0 heterocycles. The third kappa shape index (κ3) is 2.20. The van der Waals surface area contributed by atoms with Crippen molar-refractivity contribution in [2.75, 3.05) is 0 Å². The molecule has 0 bridgehead atoms. The van der Waals surface area contributed by atoms with Gasteiger partial charge in [-0.1, -0.05) is 0 Å². The number of alkyl halides is 3. The van der Waals surface area contributed by atoms with Crippen LogP contribution in [0.15, 0.2) is 0 Å². The monoisotopic (exact) mass is 182 g/mol. The lowest BCUT2D eigenvalue weighted by Gasteiger charge is -2.26. The highest BCUT2D eigenvalue weighted by molar-refractivity contribution is 5.80. The summed E-state index contributed by atoms with van der Waals surface area (Å²) in [4.78, 5) is 10.7. The highest BCUT2D eigenvalue weighted by atomic mass is 19.4. The molecule has 0 spiro atoms. The van der Waals surface area contributed by atoms with Crippen LogP contribution in [-0.4, -0.2) is 23.2 Å². The zero-order valence-corrected chi connectivity index (χ0v) is 6.27. The van der Waals surface area contributed by atoms with E-state index in [1.807, 2.05) is 0 Å². The Morgan fingerprint density at radius 2 is 1.92 bits per heavy atom. The zero-order valence-electron chi connectivity index (χ0n) is 6.27. The second kappa shape index (κ2) is 3.05. The molecule has 0 aliphatic heterocycles. The molecule has 1 rings (SSSR count). The van der Waals surface area contributed by atoms with Crippen LogP contribution in [0.2, 0.25) is 0 Å². The largest absolute Gasteiger partial charge is 0.393 e. The van der Waals surface area contributed by atoms with E-state index in [2.05, 4.69) is 0 Å². The molecule has 1 N–H and O–H groups in total. The predicted molar refractivity (Wildman–Crippen MR) is 34.4 cm³/mol. The average Bonchev–Trinajstić information content (AvgIpc) is 1.82. The minimum absolute atomic E-state index is 0.132. The second-order valence-electron chi connectivity index (χ2n) is 3.07. The molecule has 1 saturated carbocycles. The van der Waals surface area contributed by atoms with Crippen LogP contribution in [0.1, 0.15) is 19.3 Å². The molecule has 5 heteroatoms. The number of aliphatic hydroxyl groups is 1. The molecule has 2 unspecified atom stereocenters. The van der Waals surface area contributed by atoms with Crippen molar-refractivity contribution in [2.24, 2.45) is 5.92 Å². The van der Waals surface area contributed by atoms with Gasteiger partial charge in [0.25, 0.3) is 0 Å². The fraction of sp³-hybridized carbons (Fsp3) is 0.857. The van der Waals surface area contributed by atoms with Crippen LogP contribution in [0.5, 0.6) is 0 Å². The number of carbonyl (C=O) groups excluding carboxylic acids is 1. The second-order valence-corrected chi connectivity index (χ2v) is 3.07. The number of halogens is 3. The molecule has 0 aromatic rings. The molecule has 1 fully saturated rings. The van der Waals surface area contributed by atoms with Gasteiger partial charge in [0, 0.05) is 12.8 Å². The molecule has 0 saturated heterocycles. The van der Waals surface area contributed by atoms with Crippen molar-refractivity contribution < 1.29 is 23.1 Å². The molecule has 12 heavy (non-hydrogen) atoms. The highest BCUT2D eigenvalue weighted by Gasteiger charge is 2.44. The Kier molecular flexibility index (Phi) is 2.41. The number of rotatable bonds is 0. The molecule has 70 valence electrons. The summed E-state index contributed by atoms with van der Waals surface area (Å²) in [5, 5.41) is 8.89. The van der Waals surface area contributed by atoms with Crippen LogP contribution in [-0.2, 0) is 4.79 Å². The summed E-state index contributed by atoms with van der Waals surface area (Å²) in [5.41, 5.74) is 0. The van der Waals surface area contributed by atoms with Gasteiger partial charge in [-0.25, -0.2) is 0 Å². The fourth-order valence-electron chi connectivity index (χ4n) is 1.37. The standard InChI is InChI=1S/C7H9F3O2/c8-7(9,10)4-1-5(11)3-6(12)2-4/h4-5,11H,1-3H2. The number of ketones is 1. The van der Waals surface area contributed by atoms with E-state index in [1.54, 1.807) is 0 Å². The molecule has 0 aromatic carbocycles. The Bertz CT molecular complexity index is 188. The highest BCUT2D eigenvalue weighted by Crippen LogP contribution is 2.36. The van der Waals surface area contributed by atoms with E-state index in [9.17, 15) is 18.0 Å². The van der Waals surface area contributed by atoms with Crippen LogP contribution in [0.25, 0.3) is 0 Å². The normalized spacial score (nSPS) is 32.2. The van der Waals surface area contributed by atoms with E-state index in [-0.39, 0.29) is 12.8 Å². The Labute approximate surface area is 67.4 Å². The van der Waals surface area contributed by atoms with Crippen LogP contribution < -0.4 is 0 Å². The van der Waals surface area contributed by atoms with Crippen molar-refractivity contribution in [2.45, 2.75) is 31.5 Å². The maximum Gasteiger partial charge on any atom is 0.392 e. The maximum absolute atomic E-state index is 12.0. The third-order valence-corrected chi connectivity index (χ3v) is 1.96. The third-order valence-electron chi connectivity index (χ3n) is 1.96. The lowest BCUT2D eigenvalue weighted by molar-refractivity contribution is -0.190. The van der Waals surface area contributed by atoms with Crippen molar-refractivity contribution in [1.29, 1.82) is 0 Å². The van der Waals surface area contributed by atoms with E-state index >= 15 is 0 Å². The van der Waals surface area contributed by atoms with Crippen LogP contribution in [0, 0.1) is 5.92 Å². The summed E-state index contributed by atoms with van der Waals surface area (Å²) >= 11 is 0. The van der Waals surface area contributed by atoms with Gasteiger partial charge in [0.05, 0.1) is 12.0 Å². The van der Waals surface area contributed by atoms with Gasteiger partial charge in [0.1, 0.15) is 5.78 Å². The molecular formula is C7H9F3O2.